The lowest BCUT2D eigenvalue weighted by atomic mass is 10.4. The summed E-state index contributed by atoms with van der Waals surface area (Å²) in [6, 6.07) is 10.3. The predicted molar refractivity (Wildman–Crippen MR) is 53.3 cm³/mol. The van der Waals surface area contributed by atoms with E-state index in [1.165, 1.54) is 4.90 Å². The molecule has 0 atom stereocenters. The van der Waals surface area contributed by atoms with E-state index in [1.54, 1.807) is 18.9 Å². The summed E-state index contributed by atoms with van der Waals surface area (Å²) in [6.07, 6.45) is 2.00. The normalized spacial score (nSPS) is 10.8. The van der Waals surface area contributed by atoms with Crippen LogP contribution in [-0.2, 0) is 4.74 Å². The number of hydrogen-bond acceptors (Lipinski definition) is 2. The lowest BCUT2D eigenvalue weighted by Crippen LogP contribution is -1.78. The number of benzene rings is 1. The third kappa shape index (κ3) is 3.60. The molecule has 1 aromatic carbocycles. The fraction of sp³-hybridized carbons (Fsp3) is 0.200. The van der Waals surface area contributed by atoms with Crippen LogP contribution in [0.25, 0.3) is 0 Å². The molecule has 0 N–H and O–H groups in total. The summed E-state index contributed by atoms with van der Waals surface area (Å²) in [5.41, 5.74) is 0. The number of hydrogen-bond donors (Lipinski definition) is 0. The van der Waals surface area contributed by atoms with Gasteiger partial charge in [-0.1, -0.05) is 36.0 Å². The monoisotopic (exact) mass is 180 g/mol. The molecular weight excluding hydrogens is 168 g/mol. The summed E-state index contributed by atoms with van der Waals surface area (Å²) in [4.78, 5) is 1.25. The van der Waals surface area contributed by atoms with Gasteiger partial charge in [-0.25, -0.2) is 0 Å². The summed E-state index contributed by atoms with van der Waals surface area (Å²) >= 11 is 1.70. The minimum absolute atomic E-state index is 0.680. The molecule has 0 bridgehead atoms. The van der Waals surface area contributed by atoms with Crippen molar-refractivity contribution in [3.8, 4) is 0 Å². The maximum atomic E-state index is 4.88. The lowest BCUT2D eigenvalue weighted by molar-refractivity contribution is 0.234. The SMILES string of the molecule is COCC=CSc1ccccc1. The standard InChI is InChI=1S/C10H12OS/c1-11-8-5-9-12-10-6-3-2-4-7-10/h2-7,9H,8H2,1H3. The van der Waals surface area contributed by atoms with Gasteiger partial charge in [-0.15, -0.1) is 0 Å². The van der Waals surface area contributed by atoms with Crippen LogP contribution >= 0.6 is 11.8 Å². The van der Waals surface area contributed by atoms with Crippen LogP contribution in [0.3, 0.4) is 0 Å². The van der Waals surface area contributed by atoms with Crippen LogP contribution in [0.5, 0.6) is 0 Å². The molecule has 0 unspecified atom stereocenters. The van der Waals surface area contributed by atoms with Crippen molar-refractivity contribution in [2.75, 3.05) is 13.7 Å². The Morgan fingerprint density at radius 1 is 1.33 bits per heavy atom. The van der Waals surface area contributed by atoms with E-state index in [9.17, 15) is 0 Å². The third-order valence-corrected chi connectivity index (χ3v) is 2.18. The van der Waals surface area contributed by atoms with Gasteiger partial charge in [0.1, 0.15) is 0 Å². The number of methoxy groups -OCH3 is 1. The molecule has 0 fully saturated rings. The van der Waals surface area contributed by atoms with Crippen LogP contribution in [0.2, 0.25) is 0 Å². The molecule has 2 heteroatoms. The molecule has 0 aliphatic carbocycles. The second-order valence-corrected chi connectivity index (χ2v) is 3.24. The van der Waals surface area contributed by atoms with Gasteiger partial charge in [-0.05, 0) is 17.5 Å². The second-order valence-electron chi connectivity index (χ2n) is 2.26. The van der Waals surface area contributed by atoms with E-state index in [2.05, 4.69) is 12.1 Å². The lowest BCUT2D eigenvalue weighted by Gasteiger charge is -1.93. The quantitative estimate of drug-likeness (QED) is 0.659. The first-order valence-corrected chi connectivity index (χ1v) is 4.67. The molecule has 0 saturated carbocycles. The summed E-state index contributed by atoms with van der Waals surface area (Å²) in [5.74, 6) is 0. The van der Waals surface area contributed by atoms with Gasteiger partial charge in [-0.2, -0.15) is 0 Å². The number of ether oxygens (including phenoxy) is 1. The average Bonchev–Trinajstić information content (AvgIpc) is 2.14. The van der Waals surface area contributed by atoms with Crippen molar-refractivity contribution in [2.45, 2.75) is 4.90 Å². The fourth-order valence-electron chi connectivity index (χ4n) is 0.761. The molecule has 0 spiro atoms. The number of thioether (sulfide) groups is 1. The third-order valence-electron chi connectivity index (χ3n) is 1.31. The first-order valence-electron chi connectivity index (χ1n) is 3.79. The zero-order chi connectivity index (χ0) is 8.65. The largest absolute Gasteiger partial charge is 0.381 e. The maximum absolute atomic E-state index is 4.88. The van der Waals surface area contributed by atoms with E-state index < -0.39 is 0 Å². The Kier molecular flexibility index (Phi) is 4.57. The van der Waals surface area contributed by atoms with E-state index in [-0.39, 0.29) is 0 Å². The Balaban J connectivity index is 2.33. The molecule has 0 aliphatic rings. The summed E-state index contributed by atoms with van der Waals surface area (Å²) in [6.45, 7) is 0.680. The van der Waals surface area contributed by atoms with E-state index in [1.807, 2.05) is 29.7 Å². The molecule has 0 saturated heterocycles. The molecule has 1 aromatic rings. The highest BCUT2D eigenvalue weighted by molar-refractivity contribution is 8.02. The first-order chi connectivity index (χ1) is 5.93. The molecule has 64 valence electrons. The molecule has 0 aliphatic heterocycles. The predicted octanol–water partition coefficient (Wildman–Crippen LogP) is 2.94. The van der Waals surface area contributed by atoms with Gasteiger partial charge >= 0.3 is 0 Å². The molecule has 0 radical (unpaired) electrons. The van der Waals surface area contributed by atoms with Crippen LogP contribution in [0.15, 0.2) is 46.7 Å². The van der Waals surface area contributed by atoms with Crippen LogP contribution in [-0.4, -0.2) is 13.7 Å². The van der Waals surface area contributed by atoms with Crippen LogP contribution in [0.4, 0.5) is 0 Å². The van der Waals surface area contributed by atoms with E-state index in [0.29, 0.717) is 6.61 Å². The van der Waals surface area contributed by atoms with E-state index >= 15 is 0 Å². The van der Waals surface area contributed by atoms with Crippen LogP contribution in [0, 0.1) is 0 Å². The van der Waals surface area contributed by atoms with Crippen molar-refractivity contribution in [3.05, 3.63) is 41.8 Å². The van der Waals surface area contributed by atoms with Crippen molar-refractivity contribution in [1.29, 1.82) is 0 Å². The van der Waals surface area contributed by atoms with Gasteiger partial charge < -0.3 is 4.74 Å². The minimum Gasteiger partial charge on any atom is -0.381 e. The summed E-state index contributed by atoms with van der Waals surface area (Å²) in [7, 11) is 1.69. The van der Waals surface area contributed by atoms with Crippen molar-refractivity contribution < 1.29 is 4.74 Å². The number of rotatable bonds is 4. The Labute approximate surface area is 77.4 Å². The molecule has 0 amide bonds. The van der Waals surface area contributed by atoms with Crippen molar-refractivity contribution >= 4 is 11.8 Å². The van der Waals surface area contributed by atoms with Gasteiger partial charge in [0.2, 0.25) is 0 Å². The summed E-state index contributed by atoms with van der Waals surface area (Å²) < 4.78 is 4.88. The molecule has 0 aromatic heterocycles. The Hall–Kier alpha value is -0.730. The van der Waals surface area contributed by atoms with Crippen molar-refractivity contribution in [2.24, 2.45) is 0 Å². The topological polar surface area (TPSA) is 9.23 Å². The highest BCUT2D eigenvalue weighted by Gasteiger charge is 1.84. The van der Waals surface area contributed by atoms with Crippen molar-refractivity contribution in [3.63, 3.8) is 0 Å². The van der Waals surface area contributed by atoms with Gasteiger partial charge in [0.15, 0.2) is 0 Å². The smallest absolute Gasteiger partial charge is 0.0651 e. The van der Waals surface area contributed by atoms with Crippen molar-refractivity contribution in [1.82, 2.24) is 0 Å². The van der Waals surface area contributed by atoms with Crippen LogP contribution in [0.1, 0.15) is 0 Å². The zero-order valence-corrected chi connectivity index (χ0v) is 7.88. The Morgan fingerprint density at radius 2 is 2.08 bits per heavy atom. The molecule has 1 nitrogen and oxygen atoms in total. The van der Waals surface area contributed by atoms with Gasteiger partial charge in [-0.3, -0.25) is 0 Å². The molecule has 0 heterocycles. The highest BCUT2D eigenvalue weighted by Crippen LogP contribution is 2.17. The van der Waals surface area contributed by atoms with E-state index in [4.69, 9.17) is 4.74 Å². The fourth-order valence-corrected chi connectivity index (χ4v) is 1.41. The minimum atomic E-state index is 0.680. The van der Waals surface area contributed by atoms with Gasteiger partial charge in [0.25, 0.3) is 0 Å². The molecule has 12 heavy (non-hydrogen) atoms. The Morgan fingerprint density at radius 3 is 2.75 bits per heavy atom. The second kappa shape index (κ2) is 5.86. The Bertz CT molecular complexity index is 231. The van der Waals surface area contributed by atoms with Crippen LogP contribution < -0.4 is 0 Å². The summed E-state index contributed by atoms with van der Waals surface area (Å²) in [5, 5.41) is 2.04. The highest BCUT2D eigenvalue weighted by atomic mass is 32.2. The van der Waals surface area contributed by atoms with E-state index in [0.717, 1.165) is 0 Å². The molecular formula is C10H12OS. The van der Waals surface area contributed by atoms with Gasteiger partial charge in [0.05, 0.1) is 6.61 Å². The average molecular weight is 180 g/mol. The molecule has 1 rings (SSSR count). The maximum Gasteiger partial charge on any atom is 0.0651 e. The zero-order valence-electron chi connectivity index (χ0n) is 7.07. The van der Waals surface area contributed by atoms with Gasteiger partial charge in [0, 0.05) is 12.0 Å². The first kappa shape index (κ1) is 9.36.